The highest BCUT2D eigenvalue weighted by Crippen LogP contribution is 2.09. The first-order valence-electron chi connectivity index (χ1n) is 5.39. The Morgan fingerprint density at radius 1 is 1.00 bits per heavy atom. The summed E-state index contributed by atoms with van der Waals surface area (Å²) in [5.74, 6) is -0.733. The lowest BCUT2D eigenvalue weighted by atomic mass is 10.1. The first kappa shape index (κ1) is 12.6. The number of rotatable bonds is 4. The summed E-state index contributed by atoms with van der Waals surface area (Å²) in [6, 6.07) is 14.0. The van der Waals surface area contributed by atoms with Gasteiger partial charge in [-0.2, -0.15) is 0 Å². The lowest BCUT2D eigenvalue weighted by Gasteiger charge is -2.02. The first-order valence-corrected chi connectivity index (χ1v) is 6.71. The SMILES string of the molecule is O=C(CS(=O)c1ccccc1)c1ccc(F)cc1. The Morgan fingerprint density at radius 2 is 1.61 bits per heavy atom. The van der Waals surface area contributed by atoms with Gasteiger partial charge in [-0.05, 0) is 36.4 Å². The van der Waals surface area contributed by atoms with Gasteiger partial charge in [0, 0.05) is 10.5 Å². The minimum Gasteiger partial charge on any atom is -0.293 e. The number of hydrogen-bond donors (Lipinski definition) is 0. The molecule has 0 fully saturated rings. The molecule has 0 N–H and O–H groups in total. The molecule has 18 heavy (non-hydrogen) atoms. The van der Waals surface area contributed by atoms with Crippen LogP contribution in [0.15, 0.2) is 59.5 Å². The van der Waals surface area contributed by atoms with Crippen molar-refractivity contribution in [3.05, 3.63) is 66.0 Å². The minimum absolute atomic E-state index is 0.0877. The number of halogens is 1. The van der Waals surface area contributed by atoms with Gasteiger partial charge in [0.1, 0.15) is 5.82 Å². The van der Waals surface area contributed by atoms with E-state index in [0.717, 1.165) is 0 Å². The van der Waals surface area contributed by atoms with Crippen molar-refractivity contribution in [2.24, 2.45) is 0 Å². The zero-order valence-corrected chi connectivity index (χ0v) is 10.3. The highest BCUT2D eigenvalue weighted by Gasteiger charge is 2.12. The van der Waals surface area contributed by atoms with Crippen LogP contribution in [0.4, 0.5) is 4.39 Å². The molecule has 0 amide bonds. The smallest absolute Gasteiger partial charge is 0.175 e. The van der Waals surface area contributed by atoms with Gasteiger partial charge in [0.25, 0.3) is 0 Å². The molecule has 0 aliphatic heterocycles. The molecule has 0 spiro atoms. The Kier molecular flexibility index (Phi) is 3.99. The van der Waals surface area contributed by atoms with Crippen LogP contribution in [-0.4, -0.2) is 15.7 Å². The summed E-state index contributed by atoms with van der Waals surface area (Å²) >= 11 is 0. The fourth-order valence-corrected chi connectivity index (χ4v) is 2.53. The largest absolute Gasteiger partial charge is 0.293 e. The van der Waals surface area contributed by atoms with Crippen LogP contribution in [0, 0.1) is 5.82 Å². The molecule has 0 aromatic heterocycles. The third-order valence-corrected chi connectivity index (χ3v) is 3.76. The van der Waals surface area contributed by atoms with Gasteiger partial charge in [-0.3, -0.25) is 9.00 Å². The Balaban J connectivity index is 2.08. The van der Waals surface area contributed by atoms with Gasteiger partial charge in [0.05, 0.1) is 16.6 Å². The summed E-state index contributed by atoms with van der Waals surface area (Å²) in [6.07, 6.45) is 0. The van der Waals surface area contributed by atoms with Crippen LogP contribution >= 0.6 is 0 Å². The van der Waals surface area contributed by atoms with E-state index in [1.165, 1.54) is 24.3 Å². The maximum Gasteiger partial charge on any atom is 0.175 e. The van der Waals surface area contributed by atoms with Crippen molar-refractivity contribution in [1.82, 2.24) is 0 Å². The highest BCUT2D eigenvalue weighted by atomic mass is 32.2. The maximum absolute atomic E-state index is 12.7. The zero-order chi connectivity index (χ0) is 13.0. The number of hydrogen-bond acceptors (Lipinski definition) is 2. The van der Waals surface area contributed by atoms with Gasteiger partial charge >= 0.3 is 0 Å². The summed E-state index contributed by atoms with van der Waals surface area (Å²) in [5, 5.41) is 0. The topological polar surface area (TPSA) is 34.1 Å². The Bertz CT molecular complexity index is 564. The molecule has 2 nitrogen and oxygen atoms in total. The standard InChI is InChI=1S/C14H11FO2S/c15-12-8-6-11(7-9-12)14(16)10-18(17)13-4-2-1-3-5-13/h1-9H,10H2. The average molecular weight is 262 g/mol. The molecule has 2 aromatic rings. The summed E-state index contributed by atoms with van der Waals surface area (Å²) in [4.78, 5) is 12.4. The van der Waals surface area contributed by atoms with Crippen molar-refractivity contribution in [1.29, 1.82) is 0 Å². The zero-order valence-electron chi connectivity index (χ0n) is 9.51. The molecule has 4 heteroatoms. The van der Waals surface area contributed by atoms with E-state index in [0.29, 0.717) is 10.5 Å². The molecular weight excluding hydrogens is 251 g/mol. The average Bonchev–Trinajstić information content (AvgIpc) is 2.40. The Morgan fingerprint density at radius 3 is 2.22 bits per heavy atom. The summed E-state index contributed by atoms with van der Waals surface area (Å²) in [7, 11) is -1.36. The van der Waals surface area contributed by atoms with Gasteiger partial charge in [0.2, 0.25) is 0 Å². The lowest BCUT2D eigenvalue weighted by Crippen LogP contribution is -2.11. The second kappa shape index (κ2) is 5.69. The fraction of sp³-hybridized carbons (Fsp3) is 0.0714. The van der Waals surface area contributed by atoms with E-state index >= 15 is 0 Å². The Labute approximate surface area is 107 Å². The maximum atomic E-state index is 12.7. The molecule has 1 unspecified atom stereocenters. The predicted molar refractivity (Wildman–Crippen MR) is 68.4 cm³/mol. The van der Waals surface area contributed by atoms with Crippen LogP contribution in [0.1, 0.15) is 10.4 Å². The summed E-state index contributed by atoms with van der Waals surface area (Å²) in [5.41, 5.74) is 0.376. The quantitative estimate of drug-likeness (QED) is 0.794. The van der Waals surface area contributed by atoms with Gasteiger partial charge in [-0.15, -0.1) is 0 Å². The third-order valence-electron chi connectivity index (χ3n) is 2.43. The summed E-state index contributed by atoms with van der Waals surface area (Å²) < 4.78 is 24.6. The number of carbonyl (C=O) groups excluding carboxylic acids is 1. The molecule has 0 heterocycles. The van der Waals surface area contributed by atoms with Crippen LogP contribution in [0.25, 0.3) is 0 Å². The molecule has 0 aliphatic rings. The van der Waals surface area contributed by atoms with Crippen molar-refractivity contribution in [2.75, 3.05) is 5.75 Å². The first-order chi connectivity index (χ1) is 8.66. The Hall–Kier alpha value is -1.81. The van der Waals surface area contributed by atoms with Gasteiger partial charge in [-0.25, -0.2) is 4.39 Å². The van der Waals surface area contributed by atoms with E-state index in [1.54, 1.807) is 24.3 Å². The van der Waals surface area contributed by atoms with E-state index < -0.39 is 16.6 Å². The van der Waals surface area contributed by atoms with Crippen molar-refractivity contribution in [3.8, 4) is 0 Å². The van der Waals surface area contributed by atoms with Crippen LogP contribution < -0.4 is 0 Å². The molecule has 0 aliphatic carbocycles. The number of ketones is 1. The molecule has 0 saturated heterocycles. The molecule has 2 aromatic carbocycles. The normalized spacial score (nSPS) is 12.1. The number of carbonyl (C=O) groups is 1. The second-order valence-corrected chi connectivity index (χ2v) is 5.18. The molecule has 1 atom stereocenters. The van der Waals surface area contributed by atoms with E-state index in [1.807, 2.05) is 6.07 Å². The monoisotopic (exact) mass is 262 g/mol. The van der Waals surface area contributed by atoms with Crippen LogP contribution in [0.2, 0.25) is 0 Å². The van der Waals surface area contributed by atoms with Crippen molar-refractivity contribution < 1.29 is 13.4 Å². The summed E-state index contributed by atoms with van der Waals surface area (Å²) in [6.45, 7) is 0. The van der Waals surface area contributed by atoms with E-state index in [2.05, 4.69) is 0 Å². The van der Waals surface area contributed by atoms with Crippen molar-refractivity contribution in [3.63, 3.8) is 0 Å². The van der Waals surface area contributed by atoms with E-state index in [9.17, 15) is 13.4 Å². The molecule has 0 bridgehead atoms. The highest BCUT2D eigenvalue weighted by molar-refractivity contribution is 7.85. The van der Waals surface area contributed by atoms with Gasteiger partial charge < -0.3 is 0 Å². The van der Waals surface area contributed by atoms with Crippen LogP contribution in [-0.2, 0) is 10.8 Å². The van der Waals surface area contributed by atoms with Crippen LogP contribution in [0.5, 0.6) is 0 Å². The molecular formula is C14H11FO2S. The van der Waals surface area contributed by atoms with Gasteiger partial charge in [0.15, 0.2) is 5.78 Å². The lowest BCUT2D eigenvalue weighted by molar-refractivity contribution is 0.102. The van der Waals surface area contributed by atoms with Crippen LogP contribution in [0.3, 0.4) is 0 Å². The number of benzene rings is 2. The second-order valence-electron chi connectivity index (χ2n) is 3.73. The molecule has 2 rings (SSSR count). The van der Waals surface area contributed by atoms with E-state index in [4.69, 9.17) is 0 Å². The fourth-order valence-electron chi connectivity index (χ4n) is 1.49. The minimum atomic E-state index is -1.36. The third kappa shape index (κ3) is 3.11. The molecule has 0 saturated carbocycles. The predicted octanol–water partition coefficient (Wildman–Crippen LogP) is 2.82. The van der Waals surface area contributed by atoms with Crippen molar-refractivity contribution >= 4 is 16.6 Å². The van der Waals surface area contributed by atoms with Crippen molar-refractivity contribution in [2.45, 2.75) is 4.90 Å². The van der Waals surface area contributed by atoms with E-state index in [-0.39, 0.29) is 11.5 Å². The molecule has 92 valence electrons. The molecule has 0 radical (unpaired) electrons. The number of Topliss-reactive ketones (excluding diaryl/α,β-unsaturated/α-hetero) is 1. The van der Waals surface area contributed by atoms with Gasteiger partial charge in [-0.1, -0.05) is 18.2 Å².